The highest BCUT2D eigenvalue weighted by Gasteiger charge is 2.20. The van der Waals surface area contributed by atoms with Crippen LogP contribution in [0.4, 0.5) is 17.3 Å². The third-order valence-electron chi connectivity index (χ3n) is 3.54. The molecule has 6 nitrogen and oxygen atoms in total. The van der Waals surface area contributed by atoms with Gasteiger partial charge in [-0.05, 0) is 18.8 Å². The summed E-state index contributed by atoms with van der Waals surface area (Å²) in [6, 6.07) is 0. The summed E-state index contributed by atoms with van der Waals surface area (Å²) in [5.74, 6) is 2.33. The highest BCUT2D eigenvalue weighted by Crippen LogP contribution is 2.29. The van der Waals surface area contributed by atoms with E-state index in [2.05, 4.69) is 27.1 Å². The van der Waals surface area contributed by atoms with Gasteiger partial charge in [-0.25, -0.2) is 9.97 Å². The number of hydrogen-bond donors (Lipinski definition) is 2. The molecule has 0 amide bonds. The van der Waals surface area contributed by atoms with Crippen LogP contribution in [0.2, 0.25) is 0 Å². The summed E-state index contributed by atoms with van der Waals surface area (Å²) in [6.45, 7) is 5.63. The molecule has 1 aromatic rings. The number of anilines is 3. The summed E-state index contributed by atoms with van der Waals surface area (Å²) in [5.41, 5.74) is 6.79. The standard InChI is InChI=1S/C13H23N5O/c1-10-3-6-18(7-4-10)13-11(14)12(16-9-17-13)15-5-8-19-2/h9-10H,3-8,14H2,1-2H3,(H,15,16,17). The van der Waals surface area contributed by atoms with Crippen molar-refractivity contribution >= 4 is 17.3 Å². The molecule has 0 radical (unpaired) electrons. The number of ether oxygens (including phenoxy) is 1. The maximum absolute atomic E-state index is 6.16. The van der Waals surface area contributed by atoms with E-state index in [0.29, 0.717) is 24.7 Å². The molecule has 1 aromatic heterocycles. The third kappa shape index (κ3) is 3.47. The van der Waals surface area contributed by atoms with Crippen molar-refractivity contribution in [2.45, 2.75) is 19.8 Å². The quantitative estimate of drug-likeness (QED) is 0.783. The Morgan fingerprint density at radius 2 is 2.16 bits per heavy atom. The SMILES string of the molecule is COCCNc1ncnc(N2CCC(C)CC2)c1N. The van der Waals surface area contributed by atoms with Crippen molar-refractivity contribution in [3.63, 3.8) is 0 Å². The number of nitrogens with two attached hydrogens (primary N) is 1. The summed E-state index contributed by atoms with van der Waals surface area (Å²) in [6.07, 6.45) is 3.95. The fraction of sp³-hybridized carbons (Fsp3) is 0.692. The van der Waals surface area contributed by atoms with Crippen LogP contribution >= 0.6 is 0 Å². The average Bonchev–Trinajstić information content (AvgIpc) is 2.42. The maximum atomic E-state index is 6.16. The maximum Gasteiger partial charge on any atom is 0.157 e. The topological polar surface area (TPSA) is 76.3 Å². The Labute approximate surface area is 114 Å². The fourth-order valence-corrected chi connectivity index (χ4v) is 2.27. The Balaban J connectivity index is 2.06. The zero-order valence-electron chi connectivity index (χ0n) is 11.7. The average molecular weight is 265 g/mol. The van der Waals surface area contributed by atoms with Crippen LogP contribution in [-0.4, -0.2) is 43.3 Å². The van der Waals surface area contributed by atoms with Gasteiger partial charge in [0, 0.05) is 26.7 Å². The summed E-state index contributed by atoms with van der Waals surface area (Å²) in [4.78, 5) is 10.8. The molecule has 0 bridgehead atoms. The molecule has 106 valence electrons. The van der Waals surface area contributed by atoms with E-state index >= 15 is 0 Å². The summed E-state index contributed by atoms with van der Waals surface area (Å²) < 4.78 is 5.00. The van der Waals surface area contributed by atoms with E-state index in [1.807, 2.05) is 0 Å². The molecule has 0 aliphatic carbocycles. The molecular formula is C13H23N5O. The number of hydrogen-bond acceptors (Lipinski definition) is 6. The molecule has 0 saturated carbocycles. The van der Waals surface area contributed by atoms with Crippen molar-refractivity contribution < 1.29 is 4.74 Å². The van der Waals surface area contributed by atoms with Gasteiger partial charge in [0.15, 0.2) is 11.6 Å². The molecule has 2 heterocycles. The van der Waals surface area contributed by atoms with Crippen LogP contribution in [0.15, 0.2) is 6.33 Å². The molecule has 1 aliphatic rings. The first-order valence-corrected chi connectivity index (χ1v) is 6.80. The lowest BCUT2D eigenvalue weighted by molar-refractivity contribution is 0.210. The molecule has 2 rings (SSSR count). The highest BCUT2D eigenvalue weighted by molar-refractivity contribution is 5.74. The number of rotatable bonds is 5. The second kappa shape index (κ2) is 6.56. The first-order chi connectivity index (χ1) is 9.22. The Kier molecular flexibility index (Phi) is 4.79. The first-order valence-electron chi connectivity index (χ1n) is 6.80. The minimum absolute atomic E-state index is 0.625. The van der Waals surface area contributed by atoms with Crippen LogP contribution in [0.1, 0.15) is 19.8 Å². The van der Waals surface area contributed by atoms with Crippen molar-refractivity contribution in [2.75, 3.05) is 49.3 Å². The molecule has 0 unspecified atom stereocenters. The lowest BCUT2D eigenvalue weighted by Gasteiger charge is -2.32. The second-order valence-electron chi connectivity index (χ2n) is 5.05. The molecule has 0 atom stereocenters. The minimum Gasteiger partial charge on any atom is -0.393 e. The van der Waals surface area contributed by atoms with Gasteiger partial charge in [-0.3, -0.25) is 0 Å². The van der Waals surface area contributed by atoms with E-state index in [1.165, 1.54) is 12.8 Å². The molecule has 1 saturated heterocycles. The van der Waals surface area contributed by atoms with Crippen molar-refractivity contribution in [2.24, 2.45) is 5.92 Å². The lowest BCUT2D eigenvalue weighted by atomic mass is 9.99. The predicted octanol–water partition coefficient (Wildman–Crippen LogP) is 1.35. The van der Waals surface area contributed by atoms with E-state index in [4.69, 9.17) is 10.5 Å². The monoisotopic (exact) mass is 265 g/mol. The molecule has 3 N–H and O–H groups in total. The Hall–Kier alpha value is -1.56. The summed E-state index contributed by atoms with van der Waals surface area (Å²) in [5, 5.41) is 3.17. The zero-order chi connectivity index (χ0) is 13.7. The van der Waals surface area contributed by atoms with Crippen LogP contribution in [0, 0.1) is 5.92 Å². The Morgan fingerprint density at radius 1 is 1.42 bits per heavy atom. The van der Waals surface area contributed by atoms with Crippen molar-refractivity contribution in [1.82, 2.24) is 9.97 Å². The zero-order valence-corrected chi connectivity index (χ0v) is 11.7. The van der Waals surface area contributed by atoms with Crippen LogP contribution < -0.4 is 16.0 Å². The van der Waals surface area contributed by atoms with Crippen molar-refractivity contribution in [1.29, 1.82) is 0 Å². The molecule has 6 heteroatoms. The lowest BCUT2D eigenvalue weighted by Crippen LogP contribution is -2.34. The number of nitrogens with one attached hydrogen (secondary N) is 1. The third-order valence-corrected chi connectivity index (χ3v) is 3.54. The Morgan fingerprint density at radius 3 is 2.84 bits per heavy atom. The predicted molar refractivity (Wildman–Crippen MR) is 77.4 cm³/mol. The van der Waals surface area contributed by atoms with Gasteiger partial charge in [0.05, 0.1) is 6.61 Å². The molecule has 1 fully saturated rings. The van der Waals surface area contributed by atoms with E-state index < -0.39 is 0 Å². The number of methoxy groups -OCH3 is 1. The fourth-order valence-electron chi connectivity index (χ4n) is 2.27. The van der Waals surface area contributed by atoms with Crippen molar-refractivity contribution in [3.8, 4) is 0 Å². The number of aromatic nitrogens is 2. The normalized spacial score (nSPS) is 16.6. The minimum atomic E-state index is 0.625. The molecule has 0 spiro atoms. The van der Waals surface area contributed by atoms with Gasteiger partial charge >= 0.3 is 0 Å². The smallest absolute Gasteiger partial charge is 0.157 e. The molecular weight excluding hydrogens is 242 g/mol. The van der Waals surface area contributed by atoms with Crippen LogP contribution in [0.5, 0.6) is 0 Å². The van der Waals surface area contributed by atoms with Gasteiger partial charge in [-0.15, -0.1) is 0 Å². The molecule has 19 heavy (non-hydrogen) atoms. The number of nitrogens with zero attached hydrogens (tertiary/aromatic N) is 3. The van der Waals surface area contributed by atoms with Crippen LogP contribution in [-0.2, 0) is 4.74 Å². The second-order valence-corrected chi connectivity index (χ2v) is 5.05. The number of nitrogen functional groups attached to an aromatic ring is 1. The van der Waals surface area contributed by atoms with Crippen LogP contribution in [0.25, 0.3) is 0 Å². The van der Waals surface area contributed by atoms with Gasteiger partial charge in [0.25, 0.3) is 0 Å². The van der Waals surface area contributed by atoms with Gasteiger partial charge in [-0.2, -0.15) is 0 Å². The van der Waals surface area contributed by atoms with E-state index in [-0.39, 0.29) is 0 Å². The van der Waals surface area contributed by atoms with E-state index in [9.17, 15) is 0 Å². The van der Waals surface area contributed by atoms with Crippen LogP contribution in [0.3, 0.4) is 0 Å². The summed E-state index contributed by atoms with van der Waals surface area (Å²) in [7, 11) is 1.67. The largest absolute Gasteiger partial charge is 0.393 e. The van der Waals surface area contributed by atoms with Gasteiger partial charge in [0.1, 0.15) is 12.0 Å². The highest BCUT2D eigenvalue weighted by atomic mass is 16.5. The Bertz CT molecular complexity index is 404. The summed E-state index contributed by atoms with van der Waals surface area (Å²) >= 11 is 0. The van der Waals surface area contributed by atoms with Gasteiger partial charge in [0.2, 0.25) is 0 Å². The number of piperidine rings is 1. The van der Waals surface area contributed by atoms with Gasteiger partial charge in [-0.1, -0.05) is 6.92 Å². The van der Waals surface area contributed by atoms with Crippen molar-refractivity contribution in [3.05, 3.63) is 6.33 Å². The molecule has 0 aromatic carbocycles. The first kappa shape index (κ1) is 13.9. The van der Waals surface area contributed by atoms with E-state index in [1.54, 1.807) is 13.4 Å². The van der Waals surface area contributed by atoms with E-state index in [0.717, 1.165) is 24.8 Å². The van der Waals surface area contributed by atoms with Gasteiger partial charge < -0.3 is 20.7 Å². The molecule has 1 aliphatic heterocycles.